The molecule has 0 saturated heterocycles. The van der Waals surface area contributed by atoms with Gasteiger partial charge in [-0.1, -0.05) is 57.9 Å². The van der Waals surface area contributed by atoms with Gasteiger partial charge < -0.3 is 11.1 Å². The van der Waals surface area contributed by atoms with Crippen LogP contribution in [0.15, 0.2) is 65.1 Å². The number of primary amides is 1. The molecular weight excluding hydrogens is 416 g/mol. The standard InChI is InChI=1S/C20H16BrClN2O2/c21-17-8-7-16(22)10-15(17)11-18(19(23)25)24-20(26)14-6-5-12-3-1-2-4-13(12)9-14/h1-10,18H,11H2,(H2,23,25)(H,24,26)/t18-/m1/s1. The van der Waals surface area contributed by atoms with Crippen LogP contribution >= 0.6 is 27.5 Å². The summed E-state index contributed by atoms with van der Waals surface area (Å²) in [4.78, 5) is 24.4. The summed E-state index contributed by atoms with van der Waals surface area (Å²) in [6.45, 7) is 0. The van der Waals surface area contributed by atoms with Gasteiger partial charge in [-0.2, -0.15) is 0 Å². The van der Waals surface area contributed by atoms with E-state index >= 15 is 0 Å². The average Bonchev–Trinajstić information content (AvgIpc) is 2.63. The zero-order chi connectivity index (χ0) is 18.7. The van der Waals surface area contributed by atoms with Crippen LogP contribution in [0, 0.1) is 0 Å². The lowest BCUT2D eigenvalue weighted by atomic mass is 10.0. The molecule has 0 aliphatic heterocycles. The van der Waals surface area contributed by atoms with E-state index in [-0.39, 0.29) is 12.3 Å². The first kappa shape index (κ1) is 18.4. The second-order valence-corrected chi connectivity index (χ2v) is 7.22. The fraction of sp³-hybridized carbons (Fsp3) is 0.100. The highest BCUT2D eigenvalue weighted by Crippen LogP contribution is 2.23. The number of nitrogens with two attached hydrogens (primary N) is 1. The first-order valence-corrected chi connectivity index (χ1v) is 9.14. The molecule has 0 aromatic heterocycles. The Morgan fingerprint density at radius 2 is 1.77 bits per heavy atom. The minimum atomic E-state index is -0.844. The van der Waals surface area contributed by atoms with Crippen LogP contribution in [-0.4, -0.2) is 17.9 Å². The van der Waals surface area contributed by atoms with Crippen LogP contribution in [0.25, 0.3) is 10.8 Å². The molecule has 26 heavy (non-hydrogen) atoms. The molecule has 2 amide bonds. The number of halogens is 2. The topological polar surface area (TPSA) is 72.2 Å². The zero-order valence-corrected chi connectivity index (χ0v) is 16.0. The summed E-state index contributed by atoms with van der Waals surface area (Å²) in [5.41, 5.74) is 6.75. The Balaban J connectivity index is 1.81. The summed E-state index contributed by atoms with van der Waals surface area (Å²) in [5, 5.41) is 5.26. The smallest absolute Gasteiger partial charge is 0.251 e. The van der Waals surface area contributed by atoms with Crippen molar-refractivity contribution in [2.45, 2.75) is 12.5 Å². The van der Waals surface area contributed by atoms with Crippen molar-refractivity contribution in [2.75, 3.05) is 0 Å². The summed E-state index contributed by atoms with van der Waals surface area (Å²) in [6, 6.07) is 17.6. The van der Waals surface area contributed by atoms with Gasteiger partial charge in [-0.25, -0.2) is 0 Å². The van der Waals surface area contributed by atoms with Gasteiger partial charge in [0.15, 0.2) is 0 Å². The Morgan fingerprint density at radius 3 is 2.50 bits per heavy atom. The predicted octanol–water partition coefficient (Wildman–Crippen LogP) is 4.08. The highest BCUT2D eigenvalue weighted by atomic mass is 79.9. The SMILES string of the molecule is NC(=O)[C@@H](Cc1cc(Cl)ccc1Br)NC(=O)c1ccc2ccccc2c1. The molecule has 3 aromatic rings. The van der Waals surface area contributed by atoms with Gasteiger partial charge in [0.25, 0.3) is 5.91 Å². The molecule has 3 N–H and O–H groups in total. The predicted molar refractivity (Wildman–Crippen MR) is 107 cm³/mol. The molecule has 0 radical (unpaired) electrons. The molecule has 0 aliphatic rings. The van der Waals surface area contributed by atoms with Crippen LogP contribution < -0.4 is 11.1 Å². The lowest BCUT2D eigenvalue weighted by molar-refractivity contribution is -0.119. The van der Waals surface area contributed by atoms with Crippen LogP contribution in [0.1, 0.15) is 15.9 Å². The third kappa shape index (κ3) is 4.23. The Hall–Kier alpha value is -2.37. The van der Waals surface area contributed by atoms with Crippen molar-refractivity contribution in [1.29, 1.82) is 0 Å². The second-order valence-electron chi connectivity index (χ2n) is 5.93. The number of hydrogen-bond acceptors (Lipinski definition) is 2. The van der Waals surface area contributed by atoms with Crippen molar-refractivity contribution in [3.05, 3.63) is 81.3 Å². The van der Waals surface area contributed by atoms with E-state index in [4.69, 9.17) is 17.3 Å². The number of rotatable bonds is 5. The van der Waals surface area contributed by atoms with E-state index in [0.717, 1.165) is 20.8 Å². The fourth-order valence-corrected chi connectivity index (χ4v) is 3.32. The van der Waals surface area contributed by atoms with Crippen molar-refractivity contribution in [3.8, 4) is 0 Å². The van der Waals surface area contributed by atoms with Crippen molar-refractivity contribution in [3.63, 3.8) is 0 Å². The maximum absolute atomic E-state index is 12.6. The van der Waals surface area contributed by atoms with Gasteiger partial charge in [0.2, 0.25) is 5.91 Å². The van der Waals surface area contributed by atoms with Gasteiger partial charge in [0.1, 0.15) is 6.04 Å². The lowest BCUT2D eigenvalue weighted by Crippen LogP contribution is -2.45. The van der Waals surface area contributed by atoms with E-state index in [1.165, 1.54) is 0 Å². The molecule has 3 rings (SSSR count). The molecule has 6 heteroatoms. The summed E-state index contributed by atoms with van der Waals surface area (Å²) >= 11 is 9.44. The van der Waals surface area contributed by atoms with Gasteiger partial charge >= 0.3 is 0 Å². The van der Waals surface area contributed by atoms with Gasteiger partial charge in [-0.15, -0.1) is 0 Å². The Kier molecular flexibility index (Phi) is 5.59. The highest BCUT2D eigenvalue weighted by Gasteiger charge is 2.21. The second kappa shape index (κ2) is 7.89. The molecule has 0 unspecified atom stereocenters. The van der Waals surface area contributed by atoms with Crippen molar-refractivity contribution >= 4 is 50.1 Å². The van der Waals surface area contributed by atoms with Crippen LogP contribution in [0.2, 0.25) is 5.02 Å². The highest BCUT2D eigenvalue weighted by molar-refractivity contribution is 9.10. The quantitative estimate of drug-likeness (QED) is 0.639. The van der Waals surface area contributed by atoms with Crippen LogP contribution in [0.4, 0.5) is 0 Å². The van der Waals surface area contributed by atoms with E-state index in [2.05, 4.69) is 21.2 Å². The Labute approximate surface area is 164 Å². The maximum atomic E-state index is 12.6. The van der Waals surface area contributed by atoms with Crippen LogP contribution in [0.5, 0.6) is 0 Å². The Bertz CT molecular complexity index is 990. The molecule has 0 heterocycles. The van der Waals surface area contributed by atoms with Gasteiger partial charge in [-0.3, -0.25) is 9.59 Å². The number of carbonyl (C=O) groups excluding carboxylic acids is 2. The first-order chi connectivity index (χ1) is 12.4. The molecule has 132 valence electrons. The van der Waals surface area contributed by atoms with Gasteiger partial charge in [0, 0.05) is 21.5 Å². The normalized spacial score (nSPS) is 11.9. The van der Waals surface area contributed by atoms with Gasteiger partial charge in [-0.05, 0) is 46.7 Å². The lowest BCUT2D eigenvalue weighted by Gasteiger charge is -2.17. The summed E-state index contributed by atoms with van der Waals surface area (Å²) in [7, 11) is 0. The number of hydrogen-bond donors (Lipinski definition) is 2. The summed E-state index contributed by atoms with van der Waals surface area (Å²) in [5.74, 6) is -0.955. The monoisotopic (exact) mass is 430 g/mol. The number of carbonyl (C=O) groups is 2. The molecule has 0 bridgehead atoms. The number of amides is 2. The molecule has 0 aliphatic carbocycles. The number of benzene rings is 3. The molecule has 0 spiro atoms. The van der Waals surface area contributed by atoms with Crippen LogP contribution in [0.3, 0.4) is 0 Å². The van der Waals surface area contributed by atoms with E-state index in [1.807, 2.05) is 30.3 Å². The molecular formula is C20H16BrClN2O2. The third-order valence-electron chi connectivity index (χ3n) is 4.09. The minimum absolute atomic E-state index is 0.246. The molecule has 0 saturated carbocycles. The Morgan fingerprint density at radius 1 is 1.04 bits per heavy atom. The zero-order valence-electron chi connectivity index (χ0n) is 13.7. The third-order valence-corrected chi connectivity index (χ3v) is 5.10. The van der Waals surface area contributed by atoms with E-state index in [1.54, 1.807) is 30.3 Å². The minimum Gasteiger partial charge on any atom is -0.368 e. The largest absolute Gasteiger partial charge is 0.368 e. The van der Waals surface area contributed by atoms with E-state index in [0.29, 0.717) is 10.6 Å². The van der Waals surface area contributed by atoms with Gasteiger partial charge in [0.05, 0.1) is 0 Å². The fourth-order valence-electron chi connectivity index (χ4n) is 2.71. The summed E-state index contributed by atoms with van der Waals surface area (Å²) < 4.78 is 0.799. The first-order valence-electron chi connectivity index (χ1n) is 7.97. The summed E-state index contributed by atoms with van der Waals surface area (Å²) in [6.07, 6.45) is 0.246. The van der Waals surface area contributed by atoms with Crippen molar-refractivity contribution in [1.82, 2.24) is 5.32 Å². The average molecular weight is 432 g/mol. The van der Waals surface area contributed by atoms with Crippen molar-refractivity contribution in [2.24, 2.45) is 5.73 Å². The van der Waals surface area contributed by atoms with Crippen LogP contribution in [-0.2, 0) is 11.2 Å². The molecule has 0 fully saturated rings. The van der Waals surface area contributed by atoms with E-state index in [9.17, 15) is 9.59 Å². The number of nitrogens with one attached hydrogen (secondary N) is 1. The molecule has 1 atom stereocenters. The number of fused-ring (bicyclic) bond motifs is 1. The van der Waals surface area contributed by atoms with Crippen molar-refractivity contribution < 1.29 is 9.59 Å². The molecule has 3 aromatic carbocycles. The molecule has 4 nitrogen and oxygen atoms in total. The maximum Gasteiger partial charge on any atom is 0.251 e. The van der Waals surface area contributed by atoms with E-state index < -0.39 is 11.9 Å².